The molecule has 2 heterocycles. The summed E-state index contributed by atoms with van der Waals surface area (Å²) in [5.74, 6) is -0.629. The minimum Gasteiger partial charge on any atom is -0.374 e. The standard InChI is InChI=1S/C11H7FN4OS2/c12-6-2-1-5-3-8(18-7(5)4-6)9(17)14-11-16-15-10(13)19-11/h1-4H,(H2,13,15)(H,14,16,17). The Morgan fingerprint density at radius 3 is 2.84 bits per heavy atom. The van der Waals surface area contributed by atoms with Crippen molar-refractivity contribution in [3.05, 3.63) is 35.0 Å². The van der Waals surface area contributed by atoms with E-state index >= 15 is 0 Å². The molecule has 0 aliphatic heterocycles. The molecule has 0 atom stereocenters. The molecule has 8 heteroatoms. The lowest BCUT2D eigenvalue weighted by Crippen LogP contribution is -2.09. The summed E-state index contributed by atoms with van der Waals surface area (Å²) in [6.45, 7) is 0. The minimum atomic E-state index is -0.321. The van der Waals surface area contributed by atoms with E-state index in [1.807, 2.05) is 0 Å². The Morgan fingerprint density at radius 2 is 2.11 bits per heavy atom. The number of fused-ring (bicyclic) bond motifs is 1. The fourth-order valence-corrected chi connectivity index (χ4v) is 3.05. The van der Waals surface area contributed by atoms with Crippen molar-refractivity contribution in [2.24, 2.45) is 0 Å². The summed E-state index contributed by atoms with van der Waals surface area (Å²) in [6, 6.07) is 6.11. The van der Waals surface area contributed by atoms with Gasteiger partial charge in [-0.2, -0.15) is 0 Å². The zero-order valence-corrected chi connectivity index (χ0v) is 11.0. The van der Waals surface area contributed by atoms with Crippen LogP contribution < -0.4 is 11.1 Å². The monoisotopic (exact) mass is 294 g/mol. The molecule has 3 aromatic rings. The van der Waals surface area contributed by atoms with Crippen molar-refractivity contribution in [2.45, 2.75) is 0 Å². The first-order valence-corrected chi connectivity index (χ1v) is 6.84. The van der Waals surface area contributed by atoms with E-state index in [1.54, 1.807) is 12.1 Å². The van der Waals surface area contributed by atoms with E-state index in [0.717, 1.165) is 21.4 Å². The van der Waals surface area contributed by atoms with Crippen molar-refractivity contribution in [2.75, 3.05) is 11.1 Å². The minimum absolute atomic E-state index is 0.286. The summed E-state index contributed by atoms with van der Waals surface area (Å²) in [4.78, 5) is 12.5. The summed E-state index contributed by atoms with van der Waals surface area (Å²) in [7, 11) is 0. The maximum Gasteiger partial charge on any atom is 0.267 e. The average molecular weight is 294 g/mol. The molecule has 1 aromatic carbocycles. The fraction of sp³-hybridized carbons (Fsp3) is 0. The van der Waals surface area contributed by atoms with E-state index in [1.165, 1.54) is 23.5 Å². The molecule has 0 fully saturated rings. The van der Waals surface area contributed by atoms with Crippen LogP contribution in [-0.4, -0.2) is 16.1 Å². The van der Waals surface area contributed by atoms with Crippen LogP contribution in [0.25, 0.3) is 10.1 Å². The molecule has 96 valence electrons. The number of hydrogen-bond acceptors (Lipinski definition) is 6. The molecule has 1 amide bonds. The number of nitrogens with two attached hydrogens (primary N) is 1. The van der Waals surface area contributed by atoms with Gasteiger partial charge in [-0.1, -0.05) is 17.4 Å². The van der Waals surface area contributed by atoms with Crippen molar-refractivity contribution >= 4 is 48.9 Å². The van der Waals surface area contributed by atoms with Gasteiger partial charge in [0.05, 0.1) is 4.88 Å². The van der Waals surface area contributed by atoms with Crippen LogP contribution in [-0.2, 0) is 0 Å². The molecule has 5 nitrogen and oxygen atoms in total. The number of nitrogens with zero attached hydrogens (tertiary/aromatic N) is 2. The number of hydrogen-bond donors (Lipinski definition) is 2. The highest BCUT2D eigenvalue weighted by atomic mass is 32.1. The summed E-state index contributed by atoms with van der Waals surface area (Å²) < 4.78 is 13.8. The highest BCUT2D eigenvalue weighted by Crippen LogP contribution is 2.27. The van der Waals surface area contributed by atoms with Gasteiger partial charge < -0.3 is 5.73 Å². The lowest BCUT2D eigenvalue weighted by atomic mass is 10.2. The summed E-state index contributed by atoms with van der Waals surface area (Å²) in [6.07, 6.45) is 0. The Hall–Kier alpha value is -2.06. The third-order valence-electron chi connectivity index (χ3n) is 2.37. The van der Waals surface area contributed by atoms with Crippen molar-refractivity contribution in [1.29, 1.82) is 0 Å². The fourth-order valence-electron chi connectivity index (χ4n) is 1.56. The highest BCUT2D eigenvalue weighted by molar-refractivity contribution is 7.21. The maximum atomic E-state index is 13.1. The molecule has 0 aliphatic rings. The van der Waals surface area contributed by atoms with E-state index in [0.29, 0.717) is 10.0 Å². The van der Waals surface area contributed by atoms with E-state index in [4.69, 9.17) is 5.73 Å². The molecule has 0 radical (unpaired) electrons. The van der Waals surface area contributed by atoms with Gasteiger partial charge in [-0.25, -0.2) is 4.39 Å². The van der Waals surface area contributed by atoms with Gasteiger partial charge in [0.15, 0.2) is 0 Å². The molecule has 0 spiro atoms. The second-order valence-electron chi connectivity index (χ2n) is 3.69. The van der Waals surface area contributed by atoms with Gasteiger partial charge in [0, 0.05) is 4.70 Å². The number of carbonyl (C=O) groups is 1. The lowest BCUT2D eigenvalue weighted by Gasteiger charge is -1.95. The van der Waals surface area contributed by atoms with Crippen molar-refractivity contribution in [3.63, 3.8) is 0 Å². The number of carbonyl (C=O) groups excluding carboxylic acids is 1. The molecule has 19 heavy (non-hydrogen) atoms. The van der Waals surface area contributed by atoms with Crippen LogP contribution >= 0.6 is 22.7 Å². The van der Waals surface area contributed by atoms with E-state index in [-0.39, 0.29) is 16.9 Å². The Labute approximate surface area is 114 Å². The van der Waals surface area contributed by atoms with Crippen molar-refractivity contribution < 1.29 is 9.18 Å². The Morgan fingerprint density at radius 1 is 1.26 bits per heavy atom. The Bertz CT molecular complexity index is 767. The first kappa shape index (κ1) is 12.0. The molecule has 0 saturated carbocycles. The SMILES string of the molecule is Nc1nnc(NC(=O)c2cc3ccc(F)cc3s2)s1. The molecule has 3 rings (SSSR count). The van der Waals surface area contributed by atoms with Gasteiger partial charge in [0.25, 0.3) is 5.91 Å². The number of rotatable bonds is 2. The van der Waals surface area contributed by atoms with Crippen molar-refractivity contribution in [3.8, 4) is 0 Å². The molecule has 0 aliphatic carbocycles. The first-order valence-electron chi connectivity index (χ1n) is 5.21. The van der Waals surface area contributed by atoms with Crippen LogP contribution in [0, 0.1) is 5.82 Å². The molecular weight excluding hydrogens is 287 g/mol. The molecule has 0 unspecified atom stereocenters. The second kappa shape index (κ2) is 4.56. The molecule has 0 saturated heterocycles. The van der Waals surface area contributed by atoms with E-state index in [2.05, 4.69) is 15.5 Å². The predicted molar refractivity (Wildman–Crippen MR) is 74.1 cm³/mol. The zero-order valence-electron chi connectivity index (χ0n) is 9.38. The Kier molecular flexibility index (Phi) is 2.88. The molecule has 3 N–H and O–H groups in total. The van der Waals surface area contributed by atoms with Gasteiger partial charge in [-0.15, -0.1) is 21.5 Å². The maximum absolute atomic E-state index is 13.1. The van der Waals surface area contributed by atoms with E-state index in [9.17, 15) is 9.18 Å². The summed E-state index contributed by atoms with van der Waals surface area (Å²) >= 11 is 2.31. The number of anilines is 2. The number of nitrogens with one attached hydrogen (secondary N) is 1. The van der Waals surface area contributed by atoms with Crippen LogP contribution in [0.3, 0.4) is 0 Å². The van der Waals surface area contributed by atoms with Crippen LogP contribution in [0.5, 0.6) is 0 Å². The molecular formula is C11H7FN4OS2. The van der Waals surface area contributed by atoms with Gasteiger partial charge in [0.2, 0.25) is 10.3 Å². The predicted octanol–water partition coefficient (Wildman–Crippen LogP) is 2.73. The number of amides is 1. The quantitative estimate of drug-likeness (QED) is 0.761. The van der Waals surface area contributed by atoms with Crippen molar-refractivity contribution in [1.82, 2.24) is 10.2 Å². The highest BCUT2D eigenvalue weighted by Gasteiger charge is 2.13. The lowest BCUT2D eigenvalue weighted by molar-refractivity contribution is 0.103. The van der Waals surface area contributed by atoms with Gasteiger partial charge in [-0.3, -0.25) is 10.1 Å². The number of nitrogen functional groups attached to an aromatic ring is 1. The molecule has 0 bridgehead atoms. The number of aromatic nitrogens is 2. The van der Waals surface area contributed by atoms with Crippen LogP contribution in [0.2, 0.25) is 0 Å². The number of halogens is 1. The third-order valence-corrected chi connectivity index (χ3v) is 4.13. The van der Waals surface area contributed by atoms with E-state index < -0.39 is 0 Å². The first-order chi connectivity index (χ1) is 9.11. The largest absolute Gasteiger partial charge is 0.374 e. The van der Waals surface area contributed by atoms with Gasteiger partial charge >= 0.3 is 0 Å². The number of thiophene rings is 1. The zero-order chi connectivity index (χ0) is 13.4. The Balaban J connectivity index is 1.89. The topological polar surface area (TPSA) is 80.9 Å². The van der Waals surface area contributed by atoms with Gasteiger partial charge in [0.1, 0.15) is 5.82 Å². The summed E-state index contributed by atoms with van der Waals surface area (Å²) in [5, 5.41) is 11.4. The van der Waals surface area contributed by atoms with Crippen LogP contribution in [0.1, 0.15) is 9.67 Å². The number of benzene rings is 1. The smallest absolute Gasteiger partial charge is 0.267 e. The summed E-state index contributed by atoms with van der Waals surface area (Å²) in [5.41, 5.74) is 5.43. The third kappa shape index (κ3) is 2.40. The van der Waals surface area contributed by atoms with Crippen LogP contribution in [0.15, 0.2) is 24.3 Å². The van der Waals surface area contributed by atoms with Crippen LogP contribution in [0.4, 0.5) is 14.7 Å². The molecule has 2 aromatic heterocycles. The second-order valence-corrected chi connectivity index (χ2v) is 5.79. The average Bonchev–Trinajstić information content (AvgIpc) is 2.95. The normalized spacial score (nSPS) is 10.8. The van der Waals surface area contributed by atoms with Gasteiger partial charge in [-0.05, 0) is 23.6 Å².